The first-order valence-corrected chi connectivity index (χ1v) is 7.92. The van der Waals surface area contributed by atoms with Crippen LogP contribution in [-0.4, -0.2) is 30.0 Å². The number of nitrogens with one attached hydrogen (secondary N) is 2. The second kappa shape index (κ2) is 5.50. The third-order valence-electron chi connectivity index (χ3n) is 3.82. The fourth-order valence-electron chi connectivity index (χ4n) is 2.16. The number of fused-ring (bicyclic) bond motifs is 1. The Bertz CT molecular complexity index is 587. The van der Waals surface area contributed by atoms with Gasteiger partial charge in [0.2, 0.25) is 0 Å². The largest absolute Gasteiger partial charge is 0.348 e. The Labute approximate surface area is 122 Å². The van der Waals surface area contributed by atoms with Gasteiger partial charge >= 0.3 is 0 Å². The molecule has 2 aromatic rings. The van der Waals surface area contributed by atoms with Crippen molar-refractivity contribution in [1.82, 2.24) is 10.3 Å². The topological polar surface area (TPSA) is 46.4 Å². The number of benzene rings is 1. The Hall–Kier alpha value is -1.46. The van der Waals surface area contributed by atoms with Crippen molar-refractivity contribution in [2.45, 2.75) is 38.4 Å². The van der Waals surface area contributed by atoms with E-state index in [1.807, 2.05) is 25.1 Å². The summed E-state index contributed by atoms with van der Waals surface area (Å²) in [5.74, 6) is 0.158. The highest BCUT2D eigenvalue weighted by Crippen LogP contribution is 2.21. The van der Waals surface area contributed by atoms with Gasteiger partial charge in [0.1, 0.15) is 11.6 Å². The summed E-state index contributed by atoms with van der Waals surface area (Å²) in [6.07, 6.45) is 2.27. The summed E-state index contributed by atoms with van der Waals surface area (Å²) in [6, 6.07) is 8.56. The monoisotopic (exact) mass is 290 g/mol. The number of likely N-dealkylation sites (N-methyl/N-ethyl adjacent to an activating group) is 1. The lowest BCUT2D eigenvalue weighted by Gasteiger charge is -2.19. The molecule has 1 unspecified atom stereocenters. The number of quaternary nitrogens is 1. The average molecular weight is 290 g/mol. The first-order valence-electron chi connectivity index (χ1n) is 7.10. The van der Waals surface area contributed by atoms with E-state index in [9.17, 15) is 4.79 Å². The van der Waals surface area contributed by atoms with Gasteiger partial charge in [-0.1, -0.05) is 12.1 Å². The summed E-state index contributed by atoms with van der Waals surface area (Å²) < 4.78 is 1.21. The van der Waals surface area contributed by atoms with Crippen LogP contribution >= 0.6 is 11.3 Å². The zero-order valence-electron chi connectivity index (χ0n) is 11.8. The smallest absolute Gasteiger partial charge is 0.278 e. The molecule has 0 aliphatic heterocycles. The maximum Gasteiger partial charge on any atom is 0.278 e. The van der Waals surface area contributed by atoms with Crippen molar-refractivity contribution in [1.29, 1.82) is 0 Å². The summed E-state index contributed by atoms with van der Waals surface area (Å²) in [5, 5.41) is 4.16. The van der Waals surface area contributed by atoms with Gasteiger partial charge in [0, 0.05) is 6.04 Å². The Morgan fingerprint density at radius 3 is 2.95 bits per heavy atom. The number of nitrogens with zero attached hydrogens (tertiary/aromatic N) is 1. The van der Waals surface area contributed by atoms with Crippen molar-refractivity contribution in [3.8, 4) is 0 Å². The molecule has 1 aliphatic rings. The molecule has 1 amide bonds. The Morgan fingerprint density at radius 2 is 2.25 bits per heavy atom. The van der Waals surface area contributed by atoms with Crippen LogP contribution < -0.4 is 10.2 Å². The molecule has 3 rings (SSSR count). The number of thiazole rings is 1. The lowest BCUT2D eigenvalue weighted by molar-refractivity contribution is -0.908. The lowest BCUT2D eigenvalue weighted by Crippen LogP contribution is -3.12. The Kier molecular flexibility index (Phi) is 3.72. The summed E-state index contributed by atoms with van der Waals surface area (Å²) in [7, 11) is 2.06. The van der Waals surface area contributed by atoms with Gasteiger partial charge in [-0.3, -0.25) is 4.79 Å². The van der Waals surface area contributed by atoms with Crippen LogP contribution in [0.2, 0.25) is 0 Å². The van der Waals surface area contributed by atoms with Gasteiger partial charge in [-0.25, -0.2) is 4.98 Å². The molecule has 2 atom stereocenters. The number of amides is 1. The fraction of sp³-hybridized carbons (Fsp3) is 0.467. The quantitative estimate of drug-likeness (QED) is 0.862. The third kappa shape index (κ3) is 2.99. The minimum Gasteiger partial charge on any atom is -0.348 e. The van der Waals surface area contributed by atoms with E-state index in [0.717, 1.165) is 29.9 Å². The maximum atomic E-state index is 12.0. The highest BCUT2D eigenvalue weighted by atomic mass is 32.1. The molecule has 2 N–H and O–H groups in total. The zero-order chi connectivity index (χ0) is 14.1. The number of para-hydroxylation sites is 1. The number of hydrogen-bond acceptors (Lipinski definition) is 3. The molecule has 1 saturated carbocycles. The molecule has 1 aromatic carbocycles. The van der Waals surface area contributed by atoms with E-state index in [2.05, 4.69) is 23.4 Å². The van der Waals surface area contributed by atoms with E-state index in [1.54, 1.807) is 11.3 Å². The molecule has 1 aromatic heterocycles. The minimum absolute atomic E-state index is 0.0392. The van der Waals surface area contributed by atoms with Gasteiger partial charge in [-0.2, -0.15) is 0 Å². The van der Waals surface area contributed by atoms with Crippen LogP contribution in [0.3, 0.4) is 0 Å². The van der Waals surface area contributed by atoms with Crippen molar-refractivity contribution < 1.29 is 9.69 Å². The normalized spacial score (nSPS) is 17.9. The molecule has 1 aliphatic carbocycles. The summed E-state index contributed by atoms with van der Waals surface area (Å²) >= 11 is 1.72. The molecule has 106 valence electrons. The van der Waals surface area contributed by atoms with Crippen molar-refractivity contribution in [2.75, 3.05) is 7.05 Å². The number of rotatable bonds is 5. The van der Waals surface area contributed by atoms with Crippen LogP contribution in [0.25, 0.3) is 10.2 Å². The van der Waals surface area contributed by atoms with Gasteiger partial charge in [0.15, 0.2) is 6.04 Å². The first-order chi connectivity index (χ1) is 9.63. The van der Waals surface area contributed by atoms with E-state index < -0.39 is 0 Å². The predicted molar refractivity (Wildman–Crippen MR) is 80.8 cm³/mol. The lowest BCUT2D eigenvalue weighted by atomic mass is 10.2. The number of carbonyl (C=O) groups excluding carboxylic acids is 1. The molecule has 0 radical (unpaired) electrons. The Balaban J connectivity index is 1.64. The predicted octanol–water partition coefficient (Wildman–Crippen LogP) is 0.978. The molecule has 20 heavy (non-hydrogen) atoms. The second-order valence-corrected chi connectivity index (χ2v) is 6.72. The van der Waals surface area contributed by atoms with E-state index in [4.69, 9.17) is 0 Å². The fourth-order valence-corrected chi connectivity index (χ4v) is 3.23. The standard InChI is InChI=1S/C15H19N3OS/c1-10(15(19)16-11-7-8-11)18(2)9-14-17-12-5-3-4-6-13(12)20-14/h3-6,10-11H,7-9H2,1-2H3,(H,16,19)/p+1/t10-/m0/s1. The van der Waals surface area contributed by atoms with Crippen LogP contribution in [0.5, 0.6) is 0 Å². The summed E-state index contributed by atoms with van der Waals surface area (Å²) in [4.78, 5) is 17.9. The highest BCUT2D eigenvalue weighted by molar-refractivity contribution is 7.18. The molecule has 5 heteroatoms. The van der Waals surface area contributed by atoms with Gasteiger partial charge in [-0.15, -0.1) is 11.3 Å². The molecule has 0 bridgehead atoms. The number of hydrogen-bond donors (Lipinski definition) is 2. The molecular formula is C15H20N3OS+. The summed E-state index contributed by atoms with van der Waals surface area (Å²) in [6.45, 7) is 2.78. The van der Waals surface area contributed by atoms with E-state index in [1.165, 1.54) is 9.60 Å². The number of aromatic nitrogens is 1. The maximum absolute atomic E-state index is 12.0. The van der Waals surface area contributed by atoms with Gasteiger partial charge in [0.05, 0.1) is 17.3 Å². The highest BCUT2D eigenvalue weighted by Gasteiger charge is 2.29. The average Bonchev–Trinajstić information content (AvgIpc) is 3.15. The van der Waals surface area contributed by atoms with Gasteiger partial charge < -0.3 is 10.2 Å². The first kappa shape index (κ1) is 13.5. The SMILES string of the molecule is C[C@@H](C(=O)NC1CC1)[NH+](C)Cc1nc2ccccc2s1. The molecular weight excluding hydrogens is 270 g/mol. The van der Waals surface area contributed by atoms with E-state index >= 15 is 0 Å². The Morgan fingerprint density at radius 1 is 1.50 bits per heavy atom. The van der Waals surface area contributed by atoms with Gasteiger partial charge in [0.25, 0.3) is 5.91 Å². The van der Waals surface area contributed by atoms with Crippen LogP contribution in [0.4, 0.5) is 0 Å². The third-order valence-corrected chi connectivity index (χ3v) is 4.86. The van der Waals surface area contributed by atoms with Crippen molar-refractivity contribution in [3.63, 3.8) is 0 Å². The van der Waals surface area contributed by atoms with Crippen LogP contribution in [0, 0.1) is 0 Å². The number of carbonyl (C=O) groups is 1. The van der Waals surface area contributed by atoms with E-state index in [-0.39, 0.29) is 11.9 Å². The van der Waals surface area contributed by atoms with Crippen LogP contribution in [0.15, 0.2) is 24.3 Å². The molecule has 4 nitrogen and oxygen atoms in total. The minimum atomic E-state index is -0.0392. The molecule has 1 fully saturated rings. The van der Waals surface area contributed by atoms with E-state index in [0.29, 0.717) is 6.04 Å². The van der Waals surface area contributed by atoms with Crippen LogP contribution in [0.1, 0.15) is 24.8 Å². The van der Waals surface area contributed by atoms with Crippen molar-refractivity contribution >= 4 is 27.5 Å². The van der Waals surface area contributed by atoms with Crippen molar-refractivity contribution in [3.05, 3.63) is 29.3 Å². The van der Waals surface area contributed by atoms with Gasteiger partial charge in [-0.05, 0) is 31.9 Å². The molecule has 0 spiro atoms. The second-order valence-electron chi connectivity index (χ2n) is 5.60. The van der Waals surface area contributed by atoms with Crippen LogP contribution in [-0.2, 0) is 11.3 Å². The molecule has 1 heterocycles. The molecule has 0 saturated heterocycles. The zero-order valence-corrected chi connectivity index (χ0v) is 12.7. The summed E-state index contributed by atoms with van der Waals surface area (Å²) in [5.41, 5.74) is 1.05. The van der Waals surface area contributed by atoms with Crippen molar-refractivity contribution in [2.24, 2.45) is 0 Å².